The minimum absolute atomic E-state index is 0.0311. The first-order chi connectivity index (χ1) is 11.6. The van der Waals surface area contributed by atoms with Crippen LogP contribution in [-0.4, -0.2) is 67.4 Å². The molecule has 0 unspecified atom stereocenters. The quantitative estimate of drug-likeness (QED) is 0.738. The van der Waals surface area contributed by atoms with E-state index in [9.17, 15) is 13.2 Å². The zero-order valence-corrected chi connectivity index (χ0v) is 14.0. The number of amides is 1. The summed E-state index contributed by atoms with van der Waals surface area (Å²) >= 11 is 0. The second kappa shape index (κ2) is 5.94. The van der Waals surface area contributed by atoms with Crippen LogP contribution in [0.4, 0.5) is 0 Å². The smallest absolute Gasteiger partial charge is 0.252 e. The number of sulfonamides is 1. The van der Waals surface area contributed by atoms with Crippen molar-refractivity contribution in [3.05, 3.63) is 35.7 Å². The molecule has 0 saturated carbocycles. The van der Waals surface area contributed by atoms with Crippen molar-refractivity contribution >= 4 is 15.9 Å². The third kappa shape index (κ3) is 2.64. The number of nitrogens with zero attached hydrogens (tertiary/aromatic N) is 3. The standard InChI is InChI=1S/C16H19N3O4S/c20-16(15-4-2-6-23-15)18-8-12-10-19(11-13(12)9-18)24(21,22)14-3-1-5-17-7-14/h1,3,5,7,15H,2,4,6,8-11H2/t15-/m1/s1. The van der Waals surface area contributed by atoms with Gasteiger partial charge >= 0.3 is 0 Å². The Bertz CT molecular complexity index is 767. The molecule has 3 aliphatic rings. The van der Waals surface area contributed by atoms with Crippen LogP contribution in [0.2, 0.25) is 0 Å². The second-order valence-electron chi connectivity index (χ2n) is 6.36. The summed E-state index contributed by atoms with van der Waals surface area (Å²) in [5.41, 5.74) is 2.07. The highest BCUT2D eigenvalue weighted by Gasteiger charge is 2.39. The van der Waals surface area contributed by atoms with Gasteiger partial charge < -0.3 is 9.64 Å². The predicted octanol–water partition coefficient (Wildman–Crippen LogP) is 0.404. The zero-order chi connectivity index (χ0) is 16.7. The van der Waals surface area contributed by atoms with E-state index in [4.69, 9.17) is 4.74 Å². The molecule has 8 heteroatoms. The Morgan fingerprint density at radius 3 is 2.54 bits per heavy atom. The first kappa shape index (κ1) is 15.7. The van der Waals surface area contributed by atoms with Crippen molar-refractivity contribution in [2.45, 2.75) is 23.8 Å². The topological polar surface area (TPSA) is 79.8 Å². The number of carbonyl (C=O) groups is 1. The van der Waals surface area contributed by atoms with Crippen LogP contribution in [0.15, 0.2) is 40.6 Å². The molecule has 0 aromatic carbocycles. The average Bonchev–Trinajstić information content (AvgIpc) is 3.30. The van der Waals surface area contributed by atoms with Crippen molar-refractivity contribution < 1.29 is 17.9 Å². The van der Waals surface area contributed by atoms with Crippen LogP contribution in [-0.2, 0) is 19.6 Å². The van der Waals surface area contributed by atoms with Gasteiger partial charge in [-0.15, -0.1) is 0 Å². The van der Waals surface area contributed by atoms with Gasteiger partial charge in [-0.2, -0.15) is 4.31 Å². The first-order valence-corrected chi connectivity index (χ1v) is 9.50. The van der Waals surface area contributed by atoms with Gasteiger partial charge in [0.1, 0.15) is 11.0 Å². The fourth-order valence-corrected chi connectivity index (χ4v) is 4.89. The number of ether oxygens (including phenoxy) is 1. The number of pyridine rings is 1. The van der Waals surface area contributed by atoms with Crippen molar-refractivity contribution in [2.24, 2.45) is 0 Å². The molecular weight excluding hydrogens is 330 g/mol. The Hall–Kier alpha value is -1.77. The van der Waals surface area contributed by atoms with Crippen LogP contribution in [0.25, 0.3) is 0 Å². The molecule has 4 rings (SSSR count). The van der Waals surface area contributed by atoms with Gasteiger partial charge in [0.05, 0.1) is 0 Å². The normalized spacial score (nSPS) is 24.7. The Kier molecular flexibility index (Phi) is 3.90. The van der Waals surface area contributed by atoms with Crippen LogP contribution in [0.1, 0.15) is 12.8 Å². The lowest BCUT2D eigenvalue weighted by atomic mass is 10.2. The molecule has 4 heterocycles. The van der Waals surface area contributed by atoms with Gasteiger partial charge in [-0.25, -0.2) is 8.42 Å². The molecule has 7 nitrogen and oxygen atoms in total. The summed E-state index contributed by atoms with van der Waals surface area (Å²) in [6, 6.07) is 3.17. The molecule has 1 aromatic rings. The Morgan fingerprint density at radius 1 is 1.21 bits per heavy atom. The maximum Gasteiger partial charge on any atom is 0.252 e. The summed E-state index contributed by atoms with van der Waals surface area (Å²) in [4.78, 5) is 18.3. The van der Waals surface area contributed by atoms with E-state index >= 15 is 0 Å². The van der Waals surface area contributed by atoms with Crippen LogP contribution in [0, 0.1) is 0 Å². The van der Waals surface area contributed by atoms with Crippen molar-refractivity contribution in [2.75, 3.05) is 32.8 Å². The molecule has 0 spiro atoms. The molecule has 0 N–H and O–H groups in total. The minimum Gasteiger partial charge on any atom is -0.368 e. The van der Waals surface area contributed by atoms with Gasteiger partial charge in [-0.3, -0.25) is 9.78 Å². The fraction of sp³-hybridized carbons (Fsp3) is 0.500. The lowest BCUT2D eigenvalue weighted by molar-refractivity contribution is -0.139. The van der Waals surface area contributed by atoms with E-state index in [1.54, 1.807) is 23.2 Å². The Morgan fingerprint density at radius 2 is 1.96 bits per heavy atom. The highest BCUT2D eigenvalue weighted by atomic mass is 32.2. The fourth-order valence-electron chi connectivity index (χ4n) is 3.50. The van der Waals surface area contributed by atoms with Crippen LogP contribution < -0.4 is 0 Å². The summed E-state index contributed by atoms with van der Waals surface area (Å²) in [5, 5.41) is 0. The number of hydrogen-bond acceptors (Lipinski definition) is 5. The summed E-state index contributed by atoms with van der Waals surface area (Å²) in [5.74, 6) is 0.0311. The molecule has 24 heavy (non-hydrogen) atoms. The van der Waals surface area contributed by atoms with E-state index < -0.39 is 10.0 Å². The Labute approximate surface area is 141 Å². The summed E-state index contributed by atoms with van der Waals surface area (Å²) in [7, 11) is -3.53. The molecular formula is C16H19N3O4S. The molecule has 3 aliphatic heterocycles. The molecule has 1 saturated heterocycles. The number of hydrogen-bond donors (Lipinski definition) is 0. The van der Waals surface area contributed by atoms with E-state index in [0.29, 0.717) is 32.8 Å². The molecule has 1 atom stereocenters. The lowest BCUT2D eigenvalue weighted by Gasteiger charge is -2.24. The molecule has 0 bridgehead atoms. The van der Waals surface area contributed by atoms with Crippen LogP contribution in [0.3, 0.4) is 0 Å². The SMILES string of the molecule is O=C([C@H]1CCCO1)N1CC2=C(C1)CN(S(=O)(=O)c1cccnc1)C2. The van der Waals surface area contributed by atoms with E-state index in [1.807, 2.05) is 0 Å². The largest absolute Gasteiger partial charge is 0.368 e. The highest BCUT2D eigenvalue weighted by Crippen LogP contribution is 2.30. The van der Waals surface area contributed by atoms with Crippen molar-refractivity contribution in [1.29, 1.82) is 0 Å². The van der Waals surface area contributed by atoms with Gasteiger partial charge in [-0.05, 0) is 36.1 Å². The van der Waals surface area contributed by atoms with Gasteiger partial charge in [0, 0.05) is 45.2 Å². The molecule has 1 fully saturated rings. The number of rotatable bonds is 3. The van der Waals surface area contributed by atoms with E-state index in [0.717, 1.165) is 24.0 Å². The summed E-state index contributed by atoms with van der Waals surface area (Å²) < 4.78 is 32.2. The molecule has 0 aliphatic carbocycles. The maximum absolute atomic E-state index is 12.6. The van der Waals surface area contributed by atoms with E-state index in [-0.39, 0.29) is 16.9 Å². The minimum atomic E-state index is -3.53. The average molecular weight is 349 g/mol. The Balaban J connectivity index is 1.42. The molecule has 1 aromatic heterocycles. The van der Waals surface area contributed by atoms with Gasteiger partial charge in [0.2, 0.25) is 10.0 Å². The maximum atomic E-state index is 12.6. The molecule has 128 valence electrons. The van der Waals surface area contributed by atoms with Crippen molar-refractivity contribution in [3.8, 4) is 0 Å². The third-order valence-electron chi connectivity index (χ3n) is 4.79. The number of aromatic nitrogens is 1. The van der Waals surface area contributed by atoms with Crippen LogP contribution in [0.5, 0.6) is 0 Å². The van der Waals surface area contributed by atoms with Crippen LogP contribution >= 0.6 is 0 Å². The molecule has 0 radical (unpaired) electrons. The molecule has 1 amide bonds. The second-order valence-corrected chi connectivity index (χ2v) is 8.30. The van der Waals surface area contributed by atoms with Gasteiger partial charge in [-0.1, -0.05) is 0 Å². The predicted molar refractivity (Wildman–Crippen MR) is 85.6 cm³/mol. The highest BCUT2D eigenvalue weighted by molar-refractivity contribution is 7.89. The summed E-state index contributed by atoms with van der Waals surface area (Å²) in [6.07, 6.45) is 4.30. The van der Waals surface area contributed by atoms with E-state index in [2.05, 4.69) is 4.98 Å². The lowest BCUT2D eigenvalue weighted by Crippen LogP contribution is -2.40. The van der Waals surface area contributed by atoms with Gasteiger partial charge in [0.25, 0.3) is 5.91 Å². The van der Waals surface area contributed by atoms with Gasteiger partial charge in [0.15, 0.2) is 0 Å². The van der Waals surface area contributed by atoms with Crippen molar-refractivity contribution in [3.63, 3.8) is 0 Å². The zero-order valence-electron chi connectivity index (χ0n) is 13.2. The van der Waals surface area contributed by atoms with E-state index in [1.165, 1.54) is 10.5 Å². The first-order valence-electron chi connectivity index (χ1n) is 8.06. The summed E-state index contributed by atoms with van der Waals surface area (Å²) in [6.45, 7) is 2.36. The monoisotopic (exact) mass is 349 g/mol. The number of carbonyl (C=O) groups excluding carboxylic acids is 1. The third-order valence-corrected chi connectivity index (χ3v) is 6.56. The van der Waals surface area contributed by atoms with Crippen molar-refractivity contribution in [1.82, 2.24) is 14.2 Å².